The Morgan fingerprint density at radius 3 is 1.97 bits per heavy atom. The van der Waals surface area contributed by atoms with E-state index in [1.807, 2.05) is 60.7 Å². The fourth-order valence-electron chi connectivity index (χ4n) is 9.76. The lowest BCUT2D eigenvalue weighted by atomic mass is 9.84. The lowest BCUT2D eigenvalue weighted by Gasteiger charge is -2.42. The molecule has 16 heteroatoms. The summed E-state index contributed by atoms with van der Waals surface area (Å²) >= 11 is 0. The molecule has 0 radical (unpaired) electrons. The molecule has 7 amide bonds. The molecule has 3 aliphatic heterocycles. The van der Waals surface area contributed by atoms with E-state index >= 15 is 9.59 Å². The summed E-state index contributed by atoms with van der Waals surface area (Å²) in [5.41, 5.74) is 15.1. The third-order valence-electron chi connectivity index (χ3n) is 13.2. The van der Waals surface area contributed by atoms with E-state index in [-0.39, 0.29) is 63.2 Å². The molecule has 2 saturated heterocycles. The van der Waals surface area contributed by atoms with Gasteiger partial charge in [0.2, 0.25) is 41.4 Å². The number of fused-ring (bicyclic) bond motifs is 5. The zero-order chi connectivity index (χ0) is 45.2. The molecular weight excluding hydrogens is 815 g/mol. The summed E-state index contributed by atoms with van der Waals surface area (Å²) in [4.78, 5) is 105. The normalized spacial score (nSPS) is 26.7. The van der Waals surface area contributed by atoms with Crippen LogP contribution in [0.1, 0.15) is 73.6 Å². The molecule has 0 bridgehead atoms. The topological polar surface area (TPSA) is 238 Å². The zero-order valence-corrected chi connectivity index (χ0v) is 36.2. The summed E-state index contributed by atoms with van der Waals surface area (Å²) in [6.45, 7) is -0.230. The van der Waals surface area contributed by atoms with E-state index in [1.54, 1.807) is 29.2 Å². The minimum absolute atomic E-state index is 0.0156. The maximum atomic E-state index is 15.4. The second-order valence-corrected chi connectivity index (χ2v) is 17.5. The number of hydrogen-bond donors (Lipinski definition) is 7. The number of carbonyl (C=O) groups is 7. The Morgan fingerprint density at radius 2 is 1.25 bits per heavy atom. The van der Waals surface area contributed by atoms with Crippen molar-refractivity contribution in [3.63, 3.8) is 0 Å². The average Bonchev–Trinajstić information content (AvgIpc) is 3.71. The predicted octanol–water partition coefficient (Wildman–Crippen LogP) is 0.742. The van der Waals surface area contributed by atoms with Gasteiger partial charge in [-0.3, -0.25) is 33.6 Å². The maximum Gasteiger partial charge on any atom is 0.247 e. The molecule has 1 saturated carbocycles. The van der Waals surface area contributed by atoms with Crippen molar-refractivity contribution in [3.05, 3.63) is 107 Å². The first-order chi connectivity index (χ1) is 31.0. The summed E-state index contributed by atoms with van der Waals surface area (Å²) in [5, 5.41) is 14.1. The Hall–Kier alpha value is -6.13. The Morgan fingerprint density at radius 1 is 0.641 bits per heavy atom. The fraction of sp³-hybridized carbons (Fsp3) is 0.479. The van der Waals surface area contributed by atoms with Gasteiger partial charge in [-0.1, -0.05) is 97.8 Å². The molecule has 1 aliphatic carbocycles. The first kappa shape index (κ1) is 45.9. The molecule has 3 heterocycles. The van der Waals surface area contributed by atoms with Crippen molar-refractivity contribution in [3.8, 4) is 0 Å². The summed E-state index contributed by atoms with van der Waals surface area (Å²) < 4.78 is 0. The van der Waals surface area contributed by atoms with Crippen molar-refractivity contribution in [2.45, 2.75) is 119 Å². The van der Waals surface area contributed by atoms with E-state index in [9.17, 15) is 24.0 Å². The van der Waals surface area contributed by atoms with Gasteiger partial charge < -0.3 is 47.9 Å². The number of nitrogens with zero attached hydrogens (tertiary/aromatic N) is 2. The van der Waals surface area contributed by atoms with Crippen molar-refractivity contribution >= 4 is 41.4 Å². The maximum absolute atomic E-state index is 15.4. The molecule has 7 rings (SSSR count). The number of nitrogens with one attached hydrogen (secondary N) is 5. The van der Waals surface area contributed by atoms with Crippen molar-refractivity contribution in [1.29, 1.82) is 0 Å². The average molecular weight is 876 g/mol. The van der Waals surface area contributed by atoms with Gasteiger partial charge in [-0.05, 0) is 73.2 Å². The van der Waals surface area contributed by atoms with Crippen molar-refractivity contribution in [1.82, 2.24) is 36.4 Å². The highest BCUT2D eigenvalue weighted by molar-refractivity contribution is 5.99. The van der Waals surface area contributed by atoms with Gasteiger partial charge in [-0.2, -0.15) is 0 Å². The second kappa shape index (κ2) is 21.5. The van der Waals surface area contributed by atoms with Gasteiger partial charge in [0.15, 0.2) is 0 Å². The quantitative estimate of drug-likeness (QED) is 0.134. The van der Waals surface area contributed by atoms with Crippen molar-refractivity contribution in [2.75, 3.05) is 19.6 Å². The molecule has 3 aromatic rings. The molecule has 16 nitrogen and oxygen atoms in total. The lowest BCUT2D eigenvalue weighted by molar-refractivity contribution is -0.153. The van der Waals surface area contributed by atoms with Gasteiger partial charge in [-0.15, -0.1) is 0 Å². The van der Waals surface area contributed by atoms with Crippen LogP contribution in [0.15, 0.2) is 84.9 Å². The molecule has 0 aromatic heterocycles. The molecule has 340 valence electrons. The van der Waals surface area contributed by atoms with Gasteiger partial charge >= 0.3 is 0 Å². The number of nitrogens with two attached hydrogens (primary N) is 2. The van der Waals surface area contributed by atoms with Crippen LogP contribution in [0.4, 0.5) is 0 Å². The van der Waals surface area contributed by atoms with Crippen molar-refractivity contribution in [2.24, 2.45) is 17.4 Å². The highest BCUT2D eigenvalue weighted by Crippen LogP contribution is 2.41. The predicted molar refractivity (Wildman–Crippen MR) is 238 cm³/mol. The number of amides is 7. The number of unbranched alkanes of at least 4 members (excludes halogenated alkanes) is 1. The van der Waals surface area contributed by atoms with Crippen LogP contribution in [0.5, 0.6) is 0 Å². The number of rotatable bonds is 11. The van der Waals surface area contributed by atoms with Gasteiger partial charge in [0.05, 0.1) is 6.42 Å². The van der Waals surface area contributed by atoms with Crippen LogP contribution in [0.3, 0.4) is 0 Å². The molecule has 8 atom stereocenters. The molecule has 0 unspecified atom stereocenters. The van der Waals surface area contributed by atoms with Crippen LogP contribution < -0.4 is 38.1 Å². The Labute approximate surface area is 374 Å². The van der Waals surface area contributed by atoms with Gasteiger partial charge in [0.25, 0.3) is 0 Å². The Balaban J connectivity index is 1.30. The van der Waals surface area contributed by atoms with Gasteiger partial charge in [0.1, 0.15) is 36.3 Å². The van der Waals surface area contributed by atoms with Gasteiger partial charge in [-0.25, -0.2) is 0 Å². The Bertz CT molecular complexity index is 2160. The van der Waals surface area contributed by atoms with E-state index in [0.29, 0.717) is 37.8 Å². The summed E-state index contributed by atoms with van der Waals surface area (Å²) in [6.07, 6.45) is 5.04. The summed E-state index contributed by atoms with van der Waals surface area (Å²) in [7, 11) is 0. The van der Waals surface area contributed by atoms with E-state index in [4.69, 9.17) is 11.5 Å². The molecule has 0 spiro atoms. The van der Waals surface area contributed by atoms with E-state index < -0.39 is 71.7 Å². The minimum Gasteiger partial charge on any atom is -0.353 e. The van der Waals surface area contributed by atoms with E-state index in [1.165, 1.54) is 4.90 Å². The number of benzene rings is 3. The fourth-order valence-corrected chi connectivity index (χ4v) is 9.76. The van der Waals surface area contributed by atoms with E-state index in [2.05, 4.69) is 26.6 Å². The SMILES string of the molecule is NCCCC[C@H]1NC(=O)[C@H](CN)NC(=O)[C@@H]2C[C@@H]3CCCC[C@@H]3N2C(=O)[C@H]2Cc3ccccc3CN2C(=O)[C@H](CNC(=O)Cc2ccccc2)NC(=O)[C@H](Cc2ccccc2)NC1=O. The van der Waals surface area contributed by atoms with Crippen molar-refractivity contribution < 1.29 is 33.6 Å². The van der Waals surface area contributed by atoms with Crippen LogP contribution in [-0.4, -0.2) is 113 Å². The zero-order valence-electron chi connectivity index (χ0n) is 36.2. The monoisotopic (exact) mass is 875 g/mol. The molecule has 64 heavy (non-hydrogen) atoms. The largest absolute Gasteiger partial charge is 0.353 e. The van der Waals surface area contributed by atoms with E-state index in [0.717, 1.165) is 36.0 Å². The molecule has 4 aliphatic rings. The first-order valence-electron chi connectivity index (χ1n) is 22.7. The Kier molecular flexibility index (Phi) is 15.4. The third kappa shape index (κ3) is 11.0. The summed E-state index contributed by atoms with van der Waals surface area (Å²) in [5.74, 6) is -3.97. The van der Waals surface area contributed by atoms with Crippen LogP contribution in [0, 0.1) is 5.92 Å². The second-order valence-electron chi connectivity index (χ2n) is 17.5. The lowest BCUT2D eigenvalue weighted by Crippen LogP contribution is -2.65. The first-order valence-corrected chi connectivity index (χ1v) is 22.7. The van der Waals surface area contributed by atoms with Gasteiger partial charge in [0, 0.05) is 38.5 Å². The number of carbonyl (C=O) groups excluding carboxylic acids is 7. The highest BCUT2D eigenvalue weighted by atomic mass is 16.2. The molecular formula is C48H61N9O7. The standard InChI is InChI=1S/C48H61N9O7/c49-22-12-11-20-35-43(59)53-36(23-30-13-3-1-4-14-30)44(60)55-38(28-51-42(58)24-31-15-5-2-6-16-31)47(63)56-29-34-19-8-7-17-32(34)25-41(56)48(64)57-39-21-10-9-18-33(39)26-40(57)46(62)54-37(27-50)45(61)52-35/h1-8,13-17,19,33,35-41H,9-12,18,20-29,49-50H2,(H,51,58)(H,52,61)(H,53,59)(H,54,62)(H,55,60)/t33-,35+,36-,37-,38-,39-,40-,41+/m0/s1. The minimum atomic E-state index is -1.38. The molecule has 9 N–H and O–H groups in total. The van der Waals surface area contributed by atoms with Crippen LogP contribution in [0.2, 0.25) is 0 Å². The summed E-state index contributed by atoms with van der Waals surface area (Å²) in [6, 6.07) is 18.3. The molecule has 3 fully saturated rings. The van der Waals surface area contributed by atoms with Crippen LogP contribution in [-0.2, 0) is 59.4 Å². The highest BCUT2D eigenvalue weighted by Gasteiger charge is 2.51. The van der Waals surface area contributed by atoms with Crippen LogP contribution in [0.25, 0.3) is 0 Å². The number of hydrogen-bond acceptors (Lipinski definition) is 9. The third-order valence-corrected chi connectivity index (χ3v) is 13.2. The van der Waals surface area contributed by atoms with Crippen LogP contribution >= 0.6 is 0 Å². The smallest absolute Gasteiger partial charge is 0.247 e. The molecule has 3 aromatic carbocycles.